The van der Waals surface area contributed by atoms with Crippen molar-refractivity contribution in [3.05, 3.63) is 59.2 Å². The summed E-state index contributed by atoms with van der Waals surface area (Å²) < 4.78 is 0. The SMILES string of the molecule is Cc1ccc(O)c(CNCc2ccc(N3CCC(CO)CC3)cc2)c1. The maximum absolute atomic E-state index is 9.89. The number of aliphatic hydroxyl groups excluding tert-OH is 1. The molecular weight excluding hydrogens is 312 g/mol. The van der Waals surface area contributed by atoms with Crippen LogP contribution in [0.1, 0.15) is 29.5 Å². The van der Waals surface area contributed by atoms with E-state index in [1.165, 1.54) is 11.3 Å². The summed E-state index contributed by atoms with van der Waals surface area (Å²) in [5.41, 5.74) is 4.59. The number of aliphatic hydroxyl groups is 1. The quantitative estimate of drug-likeness (QED) is 0.756. The van der Waals surface area contributed by atoms with Crippen LogP contribution in [0, 0.1) is 12.8 Å². The van der Waals surface area contributed by atoms with Crippen LogP contribution in [0.15, 0.2) is 42.5 Å². The Bertz CT molecular complexity index is 677. The molecule has 0 aliphatic carbocycles. The van der Waals surface area contributed by atoms with E-state index in [1.807, 2.05) is 19.1 Å². The molecule has 1 fully saturated rings. The number of nitrogens with one attached hydrogen (secondary N) is 1. The molecule has 0 radical (unpaired) electrons. The van der Waals surface area contributed by atoms with Crippen LogP contribution in [0.5, 0.6) is 5.75 Å². The van der Waals surface area contributed by atoms with E-state index in [9.17, 15) is 10.2 Å². The molecule has 0 unspecified atom stereocenters. The Morgan fingerprint density at radius 2 is 1.76 bits per heavy atom. The summed E-state index contributed by atoms with van der Waals surface area (Å²) >= 11 is 0. The van der Waals surface area contributed by atoms with Gasteiger partial charge in [-0.3, -0.25) is 0 Å². The second-order valence-electron chi connectivity index (χ2n) is 7.02. The smallest absolute Gasteiger partial charge is 0.120 e. The zero-order chi connectivity index (χ0) is 17.6. The third-order valence-corrected chi connectivity index (χ3v) is 5.05. The van der Waals surface area contributed by atoms with Gasteiger partial charge in [-0.15, -0.1) is 0 Å². The lowest BCUT2D eigenvalue weighted by atomic mass is 9.97. The summed E-state index contributed by atoms with van der Waals surface area (Å²) in [6, 6.07) is 14.4. The van der Waals surface area contributed by atoms with Crippen molar-refractivity contribution in [2.45, 2.75) is 32.9 Å². The molecule has 0 amide bonds. The van der Waals surface area contributed by atoms with E-state index in [-0.39, 0.29) is 0 Å². The highest BCUT2D eigenvalue weighted by Crippen LogP contribution is 2.23. The average molecular weight is 340 g/mol. The van der Waals surface area contributed by atoms with Gasteiger partial charge in [-0.05, 0) is 49.4 Å². The molecule has 2 aromatic rings. The third-order valence-electron chi connectivity index (χ3n) is 5.05. The van der Waals surface area contributed by atoms with Crippen LogP contribution in [-0.4, -0.2) is 29.9 Å². The van der Waals surface area contributed by atoms with Crippen LogP contribution < -0.4 is 10.2 Å². The molecule has 134 valence electrons. The van der Waals surface area contributed by atoms with E-state index in [0.717, 1.165) is 43.6 Å². The number of phenolic OH excluding ortho intramolecular Hbond substituents is 1. The number of phenols is 1. The Morgan fingerprint density at radius 1 is 1.04 bits per heavy atom. The van der Waals surface area contributed by atoms with Gasteiger partial charge >= 0.3 is 0 Å². The van der Waals surface area contributed by atoms with Crippen molar-refractivity contribution in [2.24, 2.45) is 5.92 Å². The minimum Gasteiger partial charge on any atom is -0.508 e. The molecule has 4 heteroatoms. The fourth-order valence-corrected chi connectivity index (χ4v) is 3.40. The lowest BCUT2D eigenvalue weighted by molar-refractivity contribution is 0.203. The molecule has 3 rings (SSSR count). The van der Waals surface area contributed by atoms with Crippen LogP contribution in [0.25, 0.3) is 0 Å². The fourth-order valence-electron chi connectivity index (χ4n) is 3.40. The number of rotatable bonds is 6. The molecule has 0 spiro atoms. The zero-order valence-electron chi connectivity index (χ0n) is 14.9. The number of nitrogens with zero attached hydrogens (tertiary/aromatic N) is 1. The van der Waals surface area contributed by atoms with Crippen molar-refractivity contribution in [1.29, 1.82) is 0 Å². The lowest BCUT2D eigenvalue weighted by Crippen LogP contribution is -2.34. The van der Waals surface area contributed by atoms with E-state index in [4.69, 9.17) is 0 Å². The van der Waals surface area contributed by atoms with Gasteiger partial charge in [0.05, 0.1) is 0 Å². The first-order valence-corrected chi connectivity index (χ1v) is 9.09. The van der Waals surface area contributed by atoms with Crippen molar-refractivity contribution in [3.8, 4) is 5.75 Å². The van der Waals surface area contributed by atoms with E-state index < -0.39 is 0 Å². The Morgan fingerprint density at radius 3 is 2.44 bits per heavy atom. The molecule has 2 aromatic carbocycles. The molecule has 1 heterocycles. The van der Waals surface area contributed by atoms with Crippen molar-refractivity contribution >= 4 is 5.69 Å². The molecule has 1 saturated heterocycles. The summed E-state index contributed by atoms with van der Waals surface area (Å²) in [5, 5.41) is 22.5. The van der Waals surface area contributed by atoms with Gasteiger partial charge in [0.25, 0.3) is 0 Å². The van der Waals surface area contributed by atoms with Crippen molar-refractivity contribution in [3.63, 3.8) is 0 Å². The summed E-state index contributed by atoms with van der Waals surface area (Å²) in [5.74, 6) is 0.817. The highest BCUT2D eigenvalue weighted by Gasteiger charge is 2.18. The molecule has 0 bridgehead atoms. The van der Waals surface area contributed by atoms with Crippen molar-refractivity contribution in [1.82, 2.24) is 5.32 Å². The molecule has 3 N–H and O–H groups in total. The number of hydrogen-bond acceptors (Lipinski definition) is 4. The molecule has 0 atom stereocenters. The normalized spacial score (nSPS) is 15.5. The van der Waals surface area contributed by atoms with Crippen LogP contribution in [0.3, 0.4) is 0 Å². The van der Waals surface area contributed by atoms with Gasteiger partial charge in [0.2, 0.25) is 0 Å². The molecule has 0 aromatic heterocycles. The van der Waals surface area contributed by atoms with Gasteiger partial charge in [0.1, 0.15) is 5.75 Å². The maximum atomic E-state index is 9.89. The lowest BCUT2D eigenvalue weighted by Gasteiger charge is -2.33. The molecule has 25 heavy (non-hydrogen) atoms. The molecule has 1 aliphatic rings. The Kier molecular flexibility index (Phi) is 5.95. The summed E-state index contributed by atoms with van der Waals surface area (Å²) in [7, 11) is 0. The van der Waals surface area contributed by atoms with Gasteiger partial charge in [0.15, 0.2) is 0 Å². The second kappa shape index (κ2) is 8.37. The Hall–Kier alpha value is -2.04. The van der Waals surface area contributed by atoms with Crippen LogP contribution >= 0.6 is 0 Å². The van der Waals surface area contributed by atoms with E-state index >= 15 is 0 Å². The minimum atomic E-state index is 0.314. The fraction of sp³-hybridized carbons (Fsp3) is 0.429. The number of hydrogen-bond donors (Lipinski definition) is 3. The Balaban J connectivity index is 1.50. The topological polar surface area (TPSA) is 55.7 Å². The maximum Gasteiger partial charge on any atom is 0.120 e. The number of aromatic hydroxyl groups is 1. The third kappa shape index (κ3) is 4.74. The summed E-state index contributed by atoms with van der Waals surface area (Å²) in [4.78, 5) is 2.40. The zero-order valence-corrected chi connectivity index (χ0v) is 14.9. The highest BCUT2D eigenvalue weighted by atomic mass is 16.3. The van der Waals surface area contributed by atoms with Crippen LogP contribution in [-0.2, 0) is 13.1 Å². The van der Waals surface area contributed by atoms with Gasteiger partial charge in [-0.2, -0.15) is 0 Å². The van der Waals surface area contributed by atoms with Crippen molar-refractivity contribution in [2.75, 3.05) is 24.6 Å². The molecule has 4 nitrogen and oxygen atoms in total. The minimum absolute atomic E-state index is 0.314. The van der Waals surface area contributed by atoms with Crippen LogP contribution in [0.2, 0.25) is 0 Å². The predicted molar refractivity (Wildman–Crippen MR) is 102 cm³/mol. The van der Waals surface area contributed by atoms with E-state index in [1.54, 1.807) is 6.07 Å². The average Bonchev–Trinajstić information content (AvgIpc) is 2.65. The van der Waals surface area contributed by atoms with Gasteiger partial charge in [-0.25, -0.2) is 0 Å². The predicted octanol–water partition coefficient (Wildman–Crippen LogP) is 3.20. The largest absolute Gasteiger partial charge is 0.508 e. The standard InChI is InChI=1S/C21H28N2O2/c1-16-2-7-21(25)19(12-16)14-22-13-17-3-5-20(6-4-17)23-10-8-18(15-24)9-11-23/h2-7,12,18,22,24-25H,8-11,13-15H2,1H3. The number of piperidine rings is 1. The number of aryl methyl sites for hydroxylation is 1. The van der Waals surface area contributed by atoms with E-state index in [0.29, 0.717) is 24.8 Å². The Labute approximate surface area is 150 Å². The summed E-state index contributed by atoms with van der Waals surface area (Å²) in [6.07, 6.45) is 2.14. The van der Waals surface area contributed by atoms with E-state index in [2.05, 4.69) is 34.5 Å². The first-order valence-electron chi connectivity index (χ1n) is 9.09. The highest BCUT2D eigenvalue weighted by molar-refractivity contribution is 5.48. The second-order valence-corrected chi connectivity index (χ2v) is 7.02. The first-order chi connectivity index (χ1) is 12.2. The number of anilines is 1. The molecular formula is C21H28N2O2. The van der Waals surface area contributed by atoms with Gasteiger partial charge < -0.3 is 20.4 Å². The van der Waals surface area contributed by atoms with Gasteiger partial charge in [-0.1, -0.05) is 29.8 Å². The number of benzene rings is 2. The molecule has 0 saturated carbocycles. The summed E-state index contributed by atoms with van der Waals surface area (Å²) in [6.45, 7) is 5.83. The monoisotopic (exact) mass is 340 g/mol. The van der Waals surface area contributed by atoms with Crippen molar-refractivity contribution < 1.29 is 10.2 Å². The van der Waals surface area contributed by atoms with Crippen LogP contribution in [0.4, 0.5) is 5.69 Å². The first kappa shape index (κ1) is 17.8. The van der Waals surface area contributed by atoms with Gasteiger partial charge in [0, 0.05) is 44.0 Å². The molecule has 1 aliphatic heterocycles.